The maximum Gasteiger partial charge on any atom is 0.412 e. The largest absolute Gasteiger partial charge is 0.417 e. The maximum atomic E-state index is 10.9. The van der Waals surface area contributed by atoms with E-state index in [2.05, 4.69) is 11.3 Å². The topological polar surface area (TPSA) is 49.8 Å². The average molecular weight is 157 g/mol. The molecule has 0 bridgehead atoms. The summed E-state index contributed by atoms with van der Waals surface area (Å²) < 4.78 is 4.53. The van der Waals surface area contributed by atoms with E-state index in [-0.39, 0.29) is 6.04 Å². The van der Waals surface area contributed by atoms with Gasteiger partial charge in [0, 0.05) is 6.54 Å². The standard InChI is InChI=1S/C7H11NO3/c1-3-4-8-5(2)6(9)11-7(8)10/h3,5-6,9H,1,4H2,2H3. The van der Waals surface area contributed by atoms with Crippen molar-refractivity contribution in [3.63, 3.8) is 0 Å². The first kappa shape index (κ1) is 8.07. The number of carbonyl (C=O) groups is 1. The zero-order valence-electron chi connectivity index (χ0n) is 6.36. The Bertz CT molecular complexity index is 181. The SMILES string of the molecule is C=CCN1C(=O)OC(O)C1C. The molecule has 1 saturated heterocycles. The van der Waals surface area contributed by atoms with Gasteiger partial charge in [-0.3, -0.25) is 4.90 Å². The van der Waals surface area contributed by atoms with Crippen LogP contribution in [0.25, 0.3) is 0 Å². The van der Waals surface area contributed by atoms with Crippen molar-refractivity contribution in [1.82, 2.24) is 4.90 Å². The molecule has 1 aliphatic rings. The highest BCUT2D eigenvalue weighted by Gasteiger charge is 2.36. The molecule has 1 rings (SSSR count). The monoisotopic (exact) mass is 157 g/mol. The Labute approximate surface area is 65.1 Å². The summed E-state index contributed by atoms with van der Waals surface area (Å²) >= 11 is 0. The van der Waals surface area contributed by atoms with Crippen molar-refractivity contribution in [3.8, 4) is 0 Å². The van der Waals surface area contributed by atoms with Gasteiger partial charge in [0.1, 0.15) is 0 Å². The lowest BCUT2D eigenvalue weighted by molar-refractivity contribution is -0.0342. The molecule has 2 atom stereocenters. The molecule has 11 heavy (non-hydrogen) atoms. The molecule has 1 fully saturated rings. The second-order valence-electron chi connectivity index (χ2n) is 2.46. The molecular formula is C7H11NO3. The highest BCUT2D eigenvalue weighted by Crippen LogP contribution is 2.16. The number of hydrogen-bond acceptors (Lipinski definition) is 3. The van der Waals surface area contributed by atoms with Crippen LogP contribution in [0, 0.1) is 0 Å². The zero-order valence-corrected chi connectivity index (χ0v) is 6.36. The smallest absolute Gasteiger partial charge is 0.412 e. The summed E-state index contributed by atoms with van der Waals surface area (Å²) in [6.07, 6.45) is 0.114. The van der Waals surface area contributed by atoms with Crippen LogP contribution in [0.15, 0.2) is 12.7 Å². The Kier molecular flexibility index (Phi) is 2.14. The second kappa shape index (κ2) is 2.92. The predicted octanol–water partition coefficient (Wildman–Crippen LogP) is 0.332. The molecule has 0 aliphatic carbocycles. The summed E-state index contributed by atoms with van der Waals surface area (Å²) in [6.45, 7) is 5.62. The molecule has 4 nitrogen and oxygen atoms in total. The molecule has 0 aromatic heterocycles. The van der Waals surface area contributed by atoms with Gasteiger partial charge in [-0.1, -0.05) is 6.08 Å². The number of nitrogens with zero attached hydrogens (tertiary/aromatic N) is 1. The van der Waals surface area contributed by atoms with E-state index in [0.29, 0.717) is 6.54 Å². The summed E-state index contributed by atoms with van der Waals surface area (Å²) in [7, 11) is 0. The quantitative estimate of drug-likeness (QED) is 0.588. The normalized spacial score (nSPS) is 30.4. The molecule has 0 aromatic carbocycles. The minimum Gasteiger partial charge on any atom is -0.417 e. The molecule has 62 valence electrons. The maximum absolute atomic E-state index is 10.9. The summed E-state index contributed by atoms with van der Waals surface area (Å²) in [5.41, 5.74) is 0. The minimum atomic E-state index is -0.998. The van der Waals surface area contributed by atoms with E-state index in [4.69, 9.17) is 5.11 Å². The highest BCUT2D eigenvalue weighted by molar-refractivity contribution is 5.70. The van der Waals surface area contributed by atoms with Crippen LogP contribution in [0.1, 0.15) is 6.92 Å². The molecule has 2 unspecified atom stereocenters. The van der Waals surface area contributed by atoms with Crippen LogP contribution < -0.4 is 0 Å². The van der Waals surface area contributed by atoms with Gasteiger partial charge >= 0.3 is 6.09 Å². The van der Waals surface area contributed by atoms with E-state index in [9.17, 15) is 4.79 Å². The van der Waals surface area contributed by atoms with E-state index < -0.39 is 12.4 Å². The summed E-state index contributed by atoms with van der Waals surface area (Å²) in [4.78, 5) is 12.3. The number of rotatable bonds is 2. The number of aliphatic hydroxyl groups is 1. The van der Waals surface area contributed by atoms with Crippen LogP contribution in [0.2, 0.25) is 0 Å². The van der Waals surface area contributed by atoms with E-state index in [0.717, 1.165) is 0 Å². The number of carbonyl (C=O) groups excluding carboxylic acids is 1. The van der Waals surface area contributed by atoms with Crippen molar-refractivity contribution >= 4 is 6.09 Å². The van der Waals surface area contributed by atoms with Gasteiger partial charge in [0.25, 0.3) is 0 Å². The van der Waals surface area contributed by atoms with Crippen molar-refractivity contribution in [2.75, 3.05) is 6.54 Å². The van der Waals surface area contributed by atoms with Crippen molar-refractivity contribution in [3.05, 3.63) is 12.7 Å². The Hall–Kier alpha value is -1.03. The Balaban J connectivity index is 2.63. The van der Waals surface area contributed by atoms with Gasteiger partial charge in [-0.25, -0.2) is 4.79 Å². The third-order valence-electron chi connectivity index (χ3n) is 1.69. The third-order valence-corrected chi connectivity index (χ3v) is 1.69. The van der Waals surface area contributed by atoms with Gasteiger partial charge in [-0.2, -0.15) is 0 Å². The first-order valence-electron chi connectivity index (χ1n) is 3.43. The summed E-state index contributed by atoms with van der Waals surface area (Å²) in [6, 6.07) is -0.277. The van der Waals surface area contributed by atoms with Crippen LogP contribution in [0.3, 0.4) is 0 Å². The molecule has 1 heterocycles. The molecule has 0 aromatic rings. The molecule has 0 radical (unpaired) electrons. The molecule has 0 spiro atoms. The van der Waals surface area contributed by atoms with Gasteiger partial charge in [0.05, 0.1) is 6.04 Å². The first-order chi connectivity index (χ1) is 5.16. The van der Waals surface area contributed by atoms with Gasteiger partial charge in [-0.05, 0) is 6.92 Å². The highest BCUT2D eigenvalue weighted by atomic mass is 16.7. The van der Waals surface area contributed by atoms with Gasteiger partial charge in [0.2, 0.25) is 6.29 Å². The number of ether oxygens (including phenoxy) is 1. The van der Waals surface area contributed by atoms with E-state index in [1.807, 2.05) is 0 Å². The van der Waals surface area contributed by atoms with Crippen LogP contribution in [-0.4, -0.2) is 35.0 Å². The number of amides is 1. The van der Waals surface area contributed by atoms with E-state index in [1.165, 1.54) is 4.90 Å². The lowest BCUT2D eigenvalue weighted by atomic mass is 10.3. The van der Waals surface area contributed by atoms with Crippen LogP contribution in [-0.2, 0) is 4.74 Å². The molecule has 4 heteroatoms. The fourth-order valence-corrected chi connectivity index (χ4v) is 0.970. The molecular weight excluding hydrogens is 146 g/mol. The lowest BCUT2D eigenvalue weighted by Crippen LogP contribution is -2.33. The fraction of sp³-hybridized carbons (Fsp3) is 0.571. The van der Waals surface area contributed by atoms with E-state index in [1.54, 1.807) is 13.0 Å². The number of hydrogen-bond donors (Lipinski definition) is 1. The van der Waals surface area contributed by atoms with Gasteiger partial charge < -0.3 is 9.84 Å². The van der Waals surface area contributed by atoms with Gasteiger partial charge in [-0.15, -0.1) is 6.58 Å². The minimum absolute atomic E-state index is 0.277. The molecule has 0 saturated carbocycles. The fourth-order valence-electron chi connectivity index (χ4n) is 0.970. The molecule has 1 N–H and O–H groups in total. The average Bonchev–Trinajstić information content (AvgIpc) is 2.17. The number of cyclic esters (lactones) is 1. The Morgan fingerprint density at radius 3 is 2.91 bits per heavy atom. The predicted molar refractivity (Wildman–Crippen MR) is 38.9 cm³/mol. The van der Waals surface area contributed by atoms with Crippen molar-refractivity contribution < 1.29 is 14.6 Å². The van der Waals surface area contributed by atoms with Crippen molar-refractivity contribution in [2.24, 2.45) is 0 Å². The molecule has 1 aliphatic heterocycles. The van der Waals surface area contributed by atoms with Crippen molar-refractivity contribution in [2.45, 2.75) is 19.3 Å². The second-order valence-corrected chi connectivity index (χ2v) is 2.46. The van der Waals surface area contributed by atoms with E-state index >= 15 is 0 Å². The Morgan fingerprint density at radius 1 is 1.91 bits per heavy atom. The van der Waals surface area contributed by atoms with Gasteiger partial charge in [0.15, 0.2) is 0 Å². The number of aliphatic hydroxyl groups excluding tert-OH is 1. The van der Waals surface area contributed by atoms with Crippen LogP contribution in [0.5, 0.6) is 0 Å². The molecule has 1 amide bonds. The van der Waals surface area contributed by atoms with Crippen LogP contribution in [0.4, 0.5) is 4.79 Å². The summed E-state index contributed by atoms with van der Waals surface area (Å²) in [5.74, 6) is 0. The first-order valence-corrected chi connectivity index (χ1v) is 3.43. The van der Waals surface area contributed by atoms with Crippen LogP contribution >= 0.6 is 0 Å². The Morgan fingerprint density at radius 2 is 2.55 bits per heavy atom. The third kappa shape index (κ3) is 1.35. The van der Waals surface area contributed by atoms with Crippen molar-refractivity contribution in [1.29, 1.82) is 0 Å². The lowest BCUT2D eigenvalue weighted by Gasteiger charge is -2.15. The zero-order chi connectivity index (χ0) is 8.43. The summed E-state index contributed by atoms with van der Waals surface area (Å²) in [5, 5.41) is 9.05.